The van der Waals surface area contributed by atoms with Crippen LogP contribution in [-0.4, -0.2) is 22.5 Å². The summed E-state index contributed by atoms with van der Waals surface area (Å²) in [4.78, 5) is 14.5. The van der Waals surface area contributed by atoms with Gasteiger partial charge in [-0.1, -0.05) is 17.3 Å². The molecule has 5 heteroatoms. The second-order valence-corrected chi connectivity index (χ2v) is 5.79. The van der Waals surface area contributed by atoms with E-state index in [1.807, 2.05) is 18.7 Å². The van der Waals surface area contributed by atoms with Gasteiger partial charge in [-0.05, 0) is 44.4 Å². The van der Waals surface area contributed by atoms with Crippen LogP contribution in [0.15, 0.2) is 28.8 Å². The van der Waals surface area contributed by atoms with Crippen molar-refractivity contribution in [3.05, 3.63) is 52.7 Å². The smallest absolute Gasteiger partial charge is 0.227 e. The first-order valence-electron chi connectivity index (χ1n) is 7.53. The molecule has 1 amide bonds. The third-order valence-electron chi connectivity index (χ3n) is 4.24. The summed E-state index contributed by atoms with van der Waals surface area (Å²) in [6.07, 6.45) is 2.10. The Bertz CT molecular complexity index is 676. The van der Waals surface area contributed by atoms with E-state index in [0.717, 1.165) is 36.4 Å². The van der Waals surface area contributed by atoms with Gasteiger partial charge < -0.3 is 9.42 Å². The molecule has 0 saturated carbocycles. The number of benzene rings is 1. The lowest BCUT2D eigenvalue weighted by Gasteiger charge is -2.25. The van der Waals surface area contributed by atoms with Crippen molar-refractivity contribution < 1.29 is 13.7 Å². The van der Waals surface area contributed by atoms with Crippen LogP contribution >= 0.6 is 0 Å². The molecule has 0 N–H and O–H groups in total. The molecule has 1 fully saturated rings. The summed E-state index contributed by atoms with van der Waals surface area (Å²) in [5.74, 6) is 0.482. The summed E-state index contributed by atoms with van der Waals surface area (Å²) in [5, 5.41) is 3.99. The van der Waals surface area contributed by atoms with Crippen LogP contribution in [-0.2, 0) is 11.2 Å². The van der Waals surface area contributed by atoms with Gasteiger partial charge in [0.25, 0.3) is 0 Å². The zero-order valence-corrected chi connectivity index (χ0v) is 12.8. The number of aromatic nitrogens is 1. The van der Waals surface area contributed by atoms with E-state index in [1.165, 1.54) is 12.1 Å². The lowest BCUT2D eigenvalue weighted by atomic mass is 10.0. The van der Waals surface area contributed by atoms with Gasteiger partial charge >= 0.3 is 0 Å². The minimum atomic E-state index is -0.311. The summed E-state index contributed by atoms with van der Waals surface area (Å²) < 4.78 is 18.5. The SMILES string of the molecule is Cc1noc(C)c1[C@@H]1CCCN1C(=O)Cc1cccc(F)c1. The highest BCUT2D eigenvalue weighted by atomic mass is 19.1. The van der Waals surface area contributed by atoms with Gasteiger partial charge in [-0.25, -0.2) is 4.39 Å². The zero-order valence-electron chi connectivity index (χ0n) is 12.8. The monoisotopic (exact) mass is 302 g/mol. The minimum absolute atomic E-state index is 0.0207. The Labute approximate surface area is 128 Å². The Kier molecular flexibility index (Phi) is 3.96. The molecule has 2 heterocycles. The maximum Gasteiger partial charge on any atom is 0.227 e. The first kappa shape index (κ1) is 14.8. The van der Waals surface area contributed by atoms with E-state index < -0.39 is 0 Å². The molecule has 4 nitrogen and oxygen atoms in total. The van der Waals surface area contributed by atoms with Gasteiger partial charge in [0.05, 0.1) is 18.2 Å². The number of carbonyl (C=O) groups is 1. The minimum Gasteiger partial charge on any atom is -0.361 e. The molecule has 1 aliphatic rings. The van der Waals surface area contributed by atoms with Gasteiger partial charge in [0.2, 0.25) is 5.91 Å². The fraction of sp³-hybridized carbons (Fsp3) is 0.412. The van der Waals surface area contributed by atoms with Gasteiger partial charge in [0, 0.05) is 12.1 Å². The molecular formula is C17H19FN2O2. The maximum atomic E-state index is 13.3. The highest BCUT2D eigenvalue weighted by Gasteiger charge is 2.33. The molecule has 1 aromatic heterocycles. The molecule has 0 bridgehead atoms. The third-order valence-corrected chi connectivity index (χ3v) is 4.24. The summed E-state index contributed by atoms with van der Waals surface area (Å²) >= 11 is 0. The lowest BCUT2D eigenvalue weighted by Crippen LogP contribution is -2.32. The van der Waals surface area contributed by atoms with Gasteiger partial charge in [0.15, 0.2) is 0 Å². The average Bonchev–Trinajstić information content (AvgIpc) is 3.05. The predicted octanol–water partition coefficient (Wildman–Crippen LogP) is 3.34. The molecule has 2 aromatic rings. The first-order chi connectivity index (χ1) is 10.6. The van der Waals surface area contributed by atoms with Crippen molar-refractivity contribution in [1.29, 1.82) is 0 Å². The van der Waals surface area contributed by atoms with Crippen LogP contribution in [0.25, 0.3) is 0 Å². The van der Waals surface area contributed by atoms with Gasteiger partial charge in [-0.2, -0.15) is 0 Å². The highest BCUT2D eigenvalue weighted by molar-refractivity contribution is 5.79. The van der Waals surface area contributed by atoms with Crippen LogP contribution in [0, 0.1) is 19.7 Å². The molecule has 1 aromatic carbocycles. The van der Waals surface area contributed by atoms with Crippen LogP contribution in [0.2, 0.25) is 0 Å². The highest BCUT2D eigenvalue weighted by Crippen LogP contribution is 2.35. The predicted molar refractivity (Wildman–Crippen MR) is 79.8 cm³/mol. The van der Waals surface area contributed by atoms with E-state index >= 15 is 0 Å². The molecule has 0 aliphatic carbocycles. The normalized spacial score (nSPS) is 18.0. The number of aryl methyl sites for hydroxylation is 2. The molecule has 22 heavy (non-hydrogen) atoms. The summed E-state index contributed by atoms with van der Waals surface area (Å²) in [7, 11) is 0. The van der Waals surface area contributed by atoms with Crippen molar-refractivity contribution in [2.75, 3.05) is 6.54 Å². The molecule has 0 unspecified atom stereocenters. The molecule has 116 valence electrons. The molecule has 0 spiro atoms. The number of amides is 1. The number of rotatable bonds is 3. The Hall–Kier alpha value is -2.17. The number of carbonyl (C=O) groups excluding carboxylic acids is 1. The topological polar surface area (TPSA) is 46.3 Å². The maximum absolute atomic E-state index is 13.3. The average molecular weight is 302 g/mol. The Morgan fingerprint density at radius 3 is 2.95 bits per heavy atom. The van der Waals surface area contributed by atoms with Crippen LogP contribution in [0.1, 0.15) is 41.5 Å². The standard InChI is InChI=1S/C17H19FN2O2/c1-11-17(12(2)22-19-11)15-7-4-8-20(15)16(21)10-13-5-3-6-14(18)9-13/h3,5-6,9,15H,4,7-8,10H2,1-2H3/t15-/m0/s1. The second kappa shape index (κ2) is 5.91. The van der Waals surface area contributed by atoms with Crippen LogP contribution < -0.4 is 0 Å². The third kappa shape index (κ3) is 2.75. The number of hydrogen-bond acceptors (Lipinski definition) is 3. The van der Waals surface area contributed by atoms with E-state index in [4.69, 9.17) is 4.52 Å². The largest absolute Gasteiger partial charge is 0.361 e. The fourth-order valence-corrected chi connectivity index (χ4v) is 3.25. The molecule has 1 saturated heterocycles. The first-order valence-corrected chi connectivity index (χ1v) is 7.53. The molecular weight excluding hydrogens is 283 g/mol. The van der Waals surface area contributed by atoms with Crippen molar-refractivity contribution in [1.82, 2.24) is 10.1 Å². The number of halogens is 1. The quantitative estimate of drug-likeness (QED) is 0.873. The number of nitrogens with zero attached hydrogens (tertiary/aromatic N) is 2. The van der Waals surface area contributed by atoms with E-state index in [-0.39, 0.29) is 24.2 Å². The van der Waals surface area contributed by atoms with Crippen molar-refractivity contribution in [3.63, 3.8) is 0 Å². The summed E-state index contributed by atoms with van der Waals surface area (Å²) in [5.41, 5.74) is 2.56. The Balaban J connectivity index is 1.80. The number of hydrogen-bond donors (Lipinski definition) is 0. The molecule has 0 radical (unpaired) electrons. The van der Waals surface area contributed by atoms with E-state index in [2.05, 4.69) is 5.16 Å². The molecule has 3 rings (SSSR count). The van der Waals surface area contributed by atoms with Crippen molar-refractivity contribution in [2.24, 2.45) is 0 Å². The van der Waals surface area contributed by atoms with Crippen molar-refractivity contribution in [3.8, 4) is 0 Å². The van der Waals surface area contributed by atoms with Gasteiger partial charge in [-0.15, -0.1) is 0 Å². The van der Waals surface area contributed by atoms with Crippen LogP contribution in [0.4, 0.5) is 4.39 Å². The van der Waals surface area contributed by atoms with E-state index in [1.54, 1.807) is 12.1 Å². The second-order valence-electron chi connectivity index (χ2n) is 5.79. The fourth-order valence-electron chi connectivity index (χ4n) is 3.25. The van der Waals surface area contributed by atoms with Crippen molar-refractivity contribution in [2.45, 2.75) is 39.2 Å². The van der Waals surface area contributed by atoms with E-state index in [9.17, 15) is 9.18 Å². The number of likely N-dealkylation sites (tertiary alicyclic amines) is 1. The Morgan fingerprint density at radius 2 is 2.27 bits per heavy atom. The lowest BCUT2D eigenvalue weighted by molar-refractivity contribution is -0.131. The zero-order chi connectivity index (χ0) is 15.7. The molecule has 1 aliphatic heterocycles. The van der Waals surface area contributed by atoms with Gasteiger partial charge in [0.1, 0.15) is 11.6 Å². The Morgan fingerprint density at radius 1 is 1.45 bits per heavy atom. The molecule has 1 atom stereocenters. The summed E-state index contributed by atoms with van der Waals surface area (Å²) in [6.45, 7) is 4.51. The van der Waals surface area contributed by atoms with Crippen molar-refractivity contribution >= 4 is 5.91 Å². The van der Waals surface area contributed by atoms with Crippen LogP contribution in [0.5, 0.6) is 0 Å². The van der Waals surface area contributed by atoms with Gasteiger partial charge in [-0.3, -0.25) is 4.79 Å². The van der Waals surface area contributed by atoms with Crippen LogP contribution in [0.3, 0.4) is 0 Å². The summed E-state index contributed by atoms with van der Waals surface area (Å²) in [6, 6.07) is 6.23. The van der Waals surface area contributed by atoms with E-state index in [0.29, 0.717) is 5.56 Å².